The molecule has 0 aliphatic carbocycles. The van der Waals surface area contributed by atoms with Crippen LogP contribution in [0.1, 0.15) is 19.4 Å². The summed E-state index contributed by atoms with van der Waals surface area (Å²) in [4.78, 5) is 7.84. The van der Waals surface area contributed by atoms with Crippen molar-refractivity contribution in [3.63, 3.8) is 0 Å². The van der Waals surface area contributed by atoms with E-state index in [2.05, 4.69) is 36.5 Å². The SMILES string of the molecule is CC(C)COc1ccc(Nc2nc(Nc3ccc(Br)cc3)ncc2C(F)(F)F)cc1. The van der Waals surface area contributed by atoms with Crippen molar-refractivity contribution in [1.29, 1.82) is 0 Å². The van der Waals surface area contributed by atoms with Gasteiger partial charge in [-0.25, -0.2) is 4.98 Å². The molecule has 0 spiro atoms. The summed E-state index contributed by atoms with van der Waals surface area (Å²) in [6.07, 6.45) is -3.84. The first-order chi connectivity index (χ1) is 14.2. The number of rotatable bonds is 7. The molecular weight excluding hydrogens is 461 g/mol. The fourth-order valence-electron chi connectivity index (χ4n) is 2.44. The molecule has 0 fully saturated rings. The second-order valence-corrected chi connectivity index (χ2v) is 7.86. The van der Waals surface area contributed by atoms with Crippen LogP contribution in [0.2, 0.25) is 0 Å². The smallest absolute Gasteiger partial charge is 0.421 e. The highest BCUT2D eigenvalue weighted by Crippen LogP contribution is 2.35. The molecule has 30 heavy (non-hydrogen) atoms. The van der Waals surface area contributed by atoms with Gasteiger partial charge in [0.05, 0.1) is 6.61 Å². The summed E-state index contributed by atoms with van der Waals surface area (Å²) in [5.41, 5.74) is 0.144. The van der Waals surface area contributed by atoms with E-state index in [0.29, 0.717) is 29.6 Å². The molecule has 0 aliphatic heterocycles. The molecule has 9 heteroatoms. The standard InChI is InChI=1S/C21H20BrF3N4O/c1-13(2)12-30-17-9-7-15(8-10-17)27-19-18(21(23,24)25)11-26-20(29-19)28-16-5-3-14(22)4-6-16/h3-11,13H,12H2,1-2H3,(H2,26,27,28,29). The maximum Gasteiger partial charge on any atom is 0.421 e. The molecule has 0 aliphatic rings. The van der Waals surface area contributed by atoms with Gasteiger partial charge in [0.25, 0.3) is 0 Å². The van der Waals surface area contributed by atoms with Crippen molar-refractivity contribution in [1.82, 2.24) is 9.97 Å². The molecule has 0 atom stereocenters. The number of nitrogens with zero attached hydrogens (tertiary/aromatic N) is 2. The van der Waals surface area contributed by atoms with Gasteiger partial charge in [0.1, 0.15) is 17.1 Å². The maximum atomic E-state index is 13.4. The number of hydrogen-bond donors (Lipinski definition) is 2. The van der Waals surface area contributed by atoms with Crippen molar-refractivity contribution in [3.05, 3.63) is 64.8 Å². The number of halogens is 4. The number of aromatic nitrogens is 2. The van der Waals surface area contributed by atoms with Gasteiger partial charge in [0.15, 0.2) is 0 Å². The van der Waals surface area contributed by atoms with Crippen molar-refractivity contribution in [2.75, 3.05) is 17.2 Å². The summed E-state index contributed by atoms with van der Waals surface area (Å²) in [6.45, 7) is 4.62. The Morgan fingerprint density at radius 3 is 2.17 bits per heavy atom. The van der Waals surface area contributed by atoms with E-state index < -0.39 is 11.7 Å². The average molecular weight is 481 g/mol. The van der Waals surface area contributed by atoms with Crippen LogP contribution in [0, 0.1) is 5.92 Å². The summed E-state index contributed by atoms with van der Waals surface area (Å²) < 4.78 is 46.8. The molecule has 2 N–H and O–H groups in total. The number of ether oxygens (including phenoxy) is 1. The van der Waals surface area contributed by atoms with Crippen LogP contribution in [-0.2, 0) is 6.18 Å². The monoisotopic (exact) mass is 480 g/mol. The van der Waals surface area contributed by atoms with Gasteiger partial charge >= 0.3 is 6.18 Å². The zero-order valence-electron chi connectivity index (χ0n) is 16.3. The lowest BCUT2D eigenvalue weighted by atomic mass is 10.2. The van der Waals surface area contributed by atoms with Gasteiger partial charge in [0, 0.05) is 22.0 Å². The van der Waals surface area contributed by atoms with Gasteiger partial charge < -0.3 is 15.4 Å². The first-order valence-corrected chi connectivity index (χ1v) is 9.97. The molecule has 2 aromatic carbocycles. The summed E-state index contributed by atoms with van der Waals surface area (Å²) in [5, 5.41) is 5.63. The normalized spacial score (nSPS) is 11.4. The molecule has 0 unspecified atom stereocenters. The zero-order valence-corrected chi connectivity index (χ0v) is 17.9. The van der Waals surface area contributed by atoms with Crippen molar-refractivity contribution in [2.24, 2.45) is 5.92 Å². The lowest BCUT2D eigenvalue weighted by molar-refractivity contribution is -0.137. The molecule has 158 valence electrons. The number of alkyl halides is 3. The molecule has 1 aromatic heterocycles. The first-order valence-electron chi connectivity index (χ1n) is 9.17. The Labute approximate surface area is 180 Å². The van der Waals surface area contributed by atoms with Crippen molar-refractivity contribution >= 4 is 39.1 Å². The highest BCUT2D eigenvalue weighted by Gasteiger charge is 2.35. The molecule has 1 heterocycles. The lowest BCUT2D eigenvalue weighted by Crippen LogP contribution is -2.12. The van der Waals surface area contributed by atoms with Gasteiger partial charge in [-0.3, -0.25) is 0 Å². The zero-order chi connectivity index (χ0) is 21.7. The van der Waals surface area contributed by atoms with E-state index in [1.807, 2.05) is 13.8 Å². The predicted molar refractivity (Wildman–Crippen MR) is 115 cm³/mol. The maximum absolute atomic E-state index is 13.4. The largest absolute Gasteiger partial charge is 0.493 e. The minimum absolute atomic E-state index is 0.0460. The van der Waals surface area contributed by atoms with Crippen molar-refractivity contribution in [2.45, 2.75) is 20.0 Å². The third kappa shape index (κ3) is 6.09. The van der Waals surface area contributed by atoms with Crippen molar-refractivity contribution < 1.29 is 17.9 Å². The van der Waals surface area contributed by atoms with E-state index in [-0.39, 0.29) is 11.8 Å². The molecule has 5 nitrogen and oxygen atoms in total. The fraction of sp³-hybridized carbons (Fsp3) is 0.238. The molecule has 0 bridgehead atoms. The number of hydrogen-bond acceptors (Lipinski definition) is 5. The van der Waals surface area contributed by atoms with E-state index in [4.69, 9.17) is 4.74 Å². The number of benzene rings is 2. The summed E-state index contributed by atoms with van der Waals surface area (Å²) >= 11 is 3.33. The summed E-state index contributed by atoms with van der Waals surface area (Å²) in [7, 11) is 0. The van der Waals surface area contributed by atoms with Gasteiger partial charge in [-0.2, -0.15) is 18.2 Å². The Kier molecular flexibility index (Phi) is 6.81. The van der Waals surface area contributed by atoms with Crippen LogP contribution in [0.5, 0.6) is 5.75 Å². The third-order valence-electron chi connectivity index (χ3n) is 3.89. The summed E-state index contributed by atoms with van der Waals surface area (Å²) in [6, 6.07) is 13.8. The average Bonchev–Trinajstić information content (AvgIpc) is 2.68. The highest BCUT2D eigenvalue weighted by molar-refractivity contribution is 9.10. The Balaban J connectivity index is 1.82. The number of nitrogens with one attached hydrogen (secondary N) is 2. The van der Waals surface area contributed by atoms with Crippen molar-refractivity contribution in [3.8, 4) is 5.75 Å². The van der Waals surface area contributed by atoms with Crippen LogP contribution < -0.4 is 15.4 Å². The van der Waals surface area contributed by atoms with E-state index in [0.717, 1.165) is 10.7 Å². The Hall–Kier alpha value is -2.81. The van der Waals surface area contributed by atoms with Crippen LogP contribution in [0.25, 0.3) is 0 Å². The second kappa shape index (κ2) is 9.34. The number of anilines is 4. The first kappa shape index (κ1) is 21.9. The molecular formula is C21H20BrF3N4O. The van der Waals surface area contributed by atoms with Crippen LogP contribution in [0.15, 0.2) is 59.2 Å². The second-order valence-electron chi connectivity index (χ2n) is 6.94. The molecule has 0 saturated carbocycles. The van der Waals surface area contributed by atoms with Gasteiger partial charge in [0.2, 0.25) is 5.95 Å². The molecule has 0 saturated heterocycles. The molecule has 3 aromatic rings. The van der Waals surface area contributed by atoms with Gasteiger partial charge in [-0.1, -0.05) is 29.8 Å². The fourth-order valence-corrected chi connectivity index (χ4v) is 2.71. The van der Waals surface area contributed by atoms with E-state index >= 15 is 0 Å². The molecule has 0 radical (unpaired) electrons. The van der Waals surface area contributed by atoms with E-state index in [1.165, 1.54) is 0 Å². The topological polar surface area (TPSA) is 59.1 Å². The molecule has 3 rings (SSSR count). The van der Waals surface area contributed by atoms with Gasteiger partial charge in [-0.15, -0.1) is 0 Å². The highest BCUT2D eigenvalue weighted by atomic mass is 79.9. The van der Waals surface area contributed by atoms with Crippen LogP contribution >= 0.6 is 15.9 Å². The third-order valence-corrected chi connectivity index (χ3v) is 4.42. The van der Waals surface area contributed by atoms with E-state index in [9.17, 15) is 13.2 Å². The Morgan fingerprint density at radius 1 is 0.967 bits per heavy atom. The lowest BCUT2D eigenvalue weighted by Gasteiger charge is -2.15. The molecule has 0 amide bonds. The quantitative estimate of drug-likeness (QED) is 0.390. The Bertz CT molecular complexity index is 977. The Morgan fingerprint density at radius 2 is 1.57 bits per heavy atom. The minimum atomic E-state index is -4.60. The summed E-state index contributed by atoms with van der Waals surface area (Å²) in [5.74, 6) is 0.720. The van der Waals surface area contributed by atoms with Crippen LogP contribution in [0.3, 0.4) is 0 Å². The minimum Gasteiger partial charge on any atom is -0.493 e. The predicted octanol–water partition coefficient (Wildman–Crippen LogP) is 6.78. The van der Waals surface area contributed by atoms with Crippen LogP contribution in [-0.4, -0.2) is 16.6 Å². The van der Waals surface area contributed by atoms with E-state index in [1.54, 1.807) is 48.5 Å². The van der Waals surface area contributed by atoms with Gasteiger partial charge in [-0.05, 0) is 54.4 Å². The van der Waals surface area contributed by atoms with Crippen LogP contribution in [0.4, 0.5) is 36.3 Å².